The molecular formula is C49H94O6. The molecule has 0 aromatic rings. The van der Waals surface area contributed by atoms with Gasteiger partial charge in [-0.1, -0.05) is 239 Å². The molecule has 0 saturated heterocycles. The second-order valence-corrected chi connectivity index (χ2v) is 16.7. The fourth-order valence-electron chi connectivity index (χ4n) is 7.38. The molecule has 55 heavy (non-hydrogen) atoms. The number of rotatable bonds is 45. The summed E-state index contributed by atoms with van der Waals surface area (Å²) >= 11 is 0. The molecule has 1 atom stereocenters. The van der Waals surface area contributed by atoms with Crippen molar-refractivity contribution in [3.05, 3.63) is 0 Å². The van der Waals surface area contributed by atoms with E-state index in [1.54, 1.807) is 0 Å². The smallest absolute Gasteiger partial charge is 0.306 e. The maximum Gasteiger partial charge on any atom is 0.306 e. The number of ether oxygens (including phenoxy) is 3. The maximum absolute atomic E-state index is 12.7. The van der Waals surface area contributed by atoms with Gasteiger partial charge in [-0.2, -0.15) is 0 Å². The van der Waals surface area contributed by atoms with Gasteiger partial charge in [0, 0.05) is 19.3 Å². The van der Waals surface area contributed by atoms with Crippen LogP contribution in [0.2, 0.25) is 0 Å². The fraction of sp³-hybridized carbons (Fsp3) is 0.939. The van der Waals surface area contributed by atoms with Crippen LogP contribution in [0.4, 0.5) is 0 Å². The number of unbranched alkanes of at least 4 members (excludes halogenated alkanes) is 34. The van der Waals surface area contributed by atoms with Gasteiger partial charge in [0.15, 0.2) is 6.10 Å². The summed E-state index contributed by atoms with van der Waals surface area (Å²) in [4.78, 5) is 37.7. The highest BCUT2D eigenvalue weighted by molar-refractivity contribution is 5.71. The van der Waals surface area contributed by atoms with Gasteiger partial charge in [-0.25, -0.2) is 0 Å². The first kappa shape index (κ1) is 53.4. The Morgan fingerprint density at radius 2 is 0.491 bits per heavy atom. The minimum absolute atomic E-state index is 0.0627. The average Bonchev–Trinajstić information content (AvgIpc) is 3.18. The number of hydrogen-bond donors (Lipinski definition) is 0. The summed E-state index contributed by atoms with van der Waals surface area (Å²) < 4.78 is 16.7. The monoisotopic (exact) mass is 779 g/mol. The van der Waals surface area contributed by atoms with Crippen molar-refractivity contribution in [2.45, 2.75) is 284 Å². The largest absolute Gasteiger partial charge is 0.462 e. The average molecular weight is 779 g/mol. The van der Waals surface area contributed by atoms with Crippen LogP contribution in [0.3, 0.4) is 0 Å². The van der Waals surface area contributed by atoms with E-state index in [0.29, 0.717) is 19.3 Å². The Labute approximate surface area is 342 Å². The number of esters is 3. The number of hydrogen-bond acceptors (Lipinski definition) is 6. The van der Waals surface area contributed by atoms with Crippen molar-refractivity contribution in [2.24, 2.45) is 0 Å². The fourth-order valence-corrected chi connectivity index (χ4v) is 7.38. The standard InChI is InChI=1S/C49H94O6/c1-4-7-10-13-16-18-20-22-23-24-25-27-28-30-33-36-39-42-48(51)54-45-46(44-53-47(50)41-38-35-32-15-12-9-6-3)55-49(52)43-40-37-34-31-29-26-21-19-17-14-11-8-5-2/h46H,4-45H2,1-3H3/t46-/m1/s1. The van der Waals surface area contributed by atoms with Gasteiger partial charge in [0.2, 0.25) is 0 Å². The van der Waals surface area contributed by atoms with Crippen molar-refractivity contribution in [1.29, 1.82) is 0 Å². The minimum atomic E-state index is -0.757. The van der Waals surface area contributed by atoms with Crippen LogP contribution < -0.4 is 0 Å². The SMILES string of the molecule is CCCCCCCCCCCCCCCCCCCC(=O)OC[C@@H](COC(=O)CCCCCCCCC)OC(=O)CCCCCCCCCCCCCCC. The van der Waals surface area contributed by atoms with Gasteiger partial charge in [-0.3, -0.25) is 14.4 Å². The lowest BCUT2D eigenvalue weighted by molar-refractivity contribution is -0.167. The van der Waals surface area contributed by atoms with Crippen molar-refractivity contribution in [3.63, 3.8) is 0 Å². The molecule has 0 aliphatic carbocycles. The van der Waals surface area contributed by atoms with Gasteiger partial charge >= 0.3 is 17.9 Å². The molecule has 0 N–H and O–H groups in total. The third kappa shape index (κ3) is 43.4. The third-order valence-electron chi connectivity index (χ3n) is 11.1. The first-order chi connectivity index (χ1) is 27.0. The van der Waals surface area contributed by atoms with Crippen molar-refractivity contribution in [3.8, 4) is 0 Å². The lowest BCUT2D eigenvalue weighted by Gasteiger charge is -2.18. The number of carbonyl (C=O) groups excluding carboxylic acids is 3. The summed E-state index contributed by atoms with van der Waals surface area (Å²) in [6.45, 7) is 6.63. The van der Waals surface area contributed by atoms with E-state index >= 15 is 0 Å². The van der Waals surface area contributed by atoms with Crippen molar-refractivity contribution in [2.75, 3.05) is 13.2 Å². The summed E-state index contributed by atoms with van der Waals surface area (Å²) in [5.41, 5.74) is 0. The number of carbonyl (C=O) groups is 3. The van der Waals surface area contributed by atoms with Crippen LogP contribution in [0.1, 0.15) is 278 Å². The second kappa shape index (κ2) is 45.1. The summed E-state index contributed by atoms with van der Waals surface area (Å²) in [5, 5.41) is 0. The van der Waals surface area contributed by atoms with E-state index in [9.17, 15) is 14.4 Å². The highest BCUT2D eigenvalue weighted by Crippen LogP contribution is 2.16. The van der Waals surface area contributed by atoms with E-state index in [1.165, 1.54) is 180 Å². The van der Waals surface area contributed by atoms with E-state index in [2.05, 4.69) is 20.8 Å². The zero-order valence-corrected chi connectivity index (χ0v) is 37.2. The molecule has 0 heterocycles. The van der Waals surface area contributed by atoms with Gasteiger partial charge in [-0.15, -0.1) is 0 Å². The van der Waals surface area contributed by atoms with Gasteiger partial charge < -0.3 is 14.2 Å². The third-order valence-corrected chi connectivity index (χ3v) is 11.1. The highest BCUT2D eigenvalue weighted by Gasteiger charge is 2.19. The zero-order valence-electron chi connectivity index (χ0n) is 37.2. The van der Waals surface area contributed by atoms with Gasteiger partial charge in [-0.05, 0) is 19.3 Å². The lowest BCUT2D eigenvalue weighted by atomic mass is 10.0. The Hall–Kier alpha value is -1.59. The topological polar surface area (TPSA) is 78.9 Å². The molecule has 0 aliphatic rings. The lowest BCUT2D eigenvalue weighted by Crippen LogP contribution is -2.30. The van der Waals surface area contributed by atoms with E-state index in [1.807, 2.05) is 0 Å². The Balaban J connectivity index is 4.20. The summed E-state index contributed by atoms with van der Waals surface area (Å²) in [6, 6.07) is 0. The van der Waals surface area contributed by atoms with Gasteiger partial charge in [0.1, 0.15) is 13.2 Å². The zero-order chi connectivity index (χ0) is 40.1. The van der Waals surface area contributed by atoms with Crippen molar-refractivity contribution < 1.29 is 28.6 Å². The first-order valence-corrected chi connectivity index (χ1v) is 24.5. The predicted molar refractivity (Wildman–Crippen MR) is 233 cm³/mol. The second-order valence-electron chi connectivity index (χ2n) is 16.7. The van der Waals surface area contributed by atoms with Crippen LogP contribution in [0.5, 0.6) is 0 Å². The molecule has 0 aliphatic heterocycles. The molecule has 0 rings (SSSR count). The molecule has 0 fully saturated rings. The first-order valence-electron chi connectivity index (χ1n) is 24.5. The van der Waals surface area contributed by atoms with Crippen LogP contribution in [-0.2, 0) is 28.6 Å². The molecule has 0 spiro atoms. The molecule has 0 amide bonds. The Kier molecular flexibility index (Phi) is 43.8. The van der Waals surface area contributed by atoms with E-state index in [-0.39, 0.29) is 31.1 Å². The van der Waals surface area contributed by atoms with Crippen molar-refractivity contribution in [1.82, 2.24) is 0 Å². The molecule has 0 saturated carbocycles. The molecule has 0 unspecified atom stereocenters. The Morgan fingerprint density at radius 3 is 0.727 bits per heavy atom. The molecule has 0 aromatic heterocycles. The molecule has 6 heteroatoms. The van der Waals surface area contributed by atoms with E-state index in [4.69, 9.17) is 14.2 Å². The summed E-state index contributed by atoms with van der Waals surface area (Å²) in [7, 11) is 0. The van der Waals surface area contributed by atoms with Crippen LogP contribution in [0.25, 0.3) is 0 Å². The van der Waals surface area contributed by atoms with Crippen LogP contribution in [-0.4, -0.2) is 37.2 Å². The predicted octanol–water partition coefficient (Wildman–Crippen LogP) is 15.6. The Morgan fingerprint density at radius 1 is 0.291 bits per heavy atom. The Bertz CT molecular complexity index is 813. The molecular weight excluding hydrogens is 685 g/mol. The summed E-state index contributed by atoms with van der Waals surface area (Å²) in [5.74, 6) is -0.853. The van der Waals surface area contributed by atoms with Crippen molar-refractivity contribution >= 4 is 17.9 Å². The van der Waals surface area contributed by atoms with E-state index in [0.717, 1.165) is 57.8 Å². The summed E-state index contributed by atoms with van der Waals surface area (Å²) in [6.07, 6.45) is 46.7. The molecule has 6 nitrogen and oxygen atoms in total. The minimum Gasteiger partial charge on any atom is -0.462 e. The van der Waals surface area contributed by atoms with Crippen LogP contribution in [0.15, 0.2) is 0 Å². The molecule has 0 bridgehead atoms. The highest BCUT2D eigenvalue weighted by atomic mass is 16.6. The quantitative estimate of drug-likeness (QED) is 0.0348. The van der Waals surface area contributed by atoms with Gasteiger partial charge in [0.05, 0.1) is 0 Å². The van der Waals surface area contributed by atoms with Gasteiger partial charge in [0.25, 0.3) is 0 Å². The molecule has 0 aromatic carbocycles. The van der Waals surface area contributed by atoms with Crippen LogP contribution >= 0.6 is 0 Å². The normalized spacial score (nSPS) is 11.8. The molecule has 0 radical (unpaired) electrons. The van der Waals surface area contributed by atoms with Crippen LogP contribution in [0, 0.1) is 0 Å². The maximum atomic E-state index is 12.7. The van der Waals surface area contributed by atoms with E-state index < -0.39 is 6.10 Å². The molecule has 326 valence electrons.